The first-order valence-corrected chi connectivity index (χ1v) is 11.1. The number of aryl methyl sites for hydroxylation is 2. The molecule has 1 amide bonds. The molecule has 2 aliphatic rings. The number of hydrogen-bond donors (Lipinski definition) is 0. The first kappa shape index (κ1) is 18.6. The van der Waals surface area contributed by atoms with Crippen molar-refractivity contribution in [3.8, 4) is 10.6 Å². The summed E-state index contributed by atoms with van der Waals surface area (Å²) in [5.74, 6) is 0.169. The fourth-order valence-electron chi connectivity index (χ4n) is 4.33. The molecule has 2 aromatic rings. The number of aromatic nitrogens is 1. The van der Waals surface area contributed by atoms with Crippen LogP contribution >= 0.6 is 11.3 Å². The minimum atomic E-state index is 0.169. The molecule has 4 rings (SSSR count). The Morgan fingerprint density at radius 1 is 1.19 bits per heavy atom. The zero-order valence-electron chi connectivity index (χ0n) is 16.4. The number of carbonyl (C=O) groups is 1. The average molecular weight is 384 g/mol. The largest absolute Gasteiger partial charge is 0.338 e. The van der Waals surface area contributed by atoms with E-state index in [0.717, 1.165) is 53.5 Å². The maximum absolute atomic E-state index is 13.1. The van der Waals surface area contributed by atoms with Gasteiger partial charge in [-0.05, 0) is 63.7 Å². The number of amides is 1. The zero-order valence-corrected chi connectivity index (χ0v) is 17.2. The fraction of sp³-hybridized carbons (Fsp3) is 0.545. The summed E-state index contributed by atoms with van der Waals surface area (Å²) in [6.07, 6.45) is 5.89. The number of carbonyl (C=O) groups excluding carboxylic acids is 1. The summed E-state index contributed by atoms with van der Waals surface area (Å²) in [5, 5.41) is 0.957. The van der Waals surface area contributed by atoms with Crippen molar-refractivity contribution in [3.05, 3.63) is 40.4 Å². The van der Waals surface area contributed by atoms with E-state index in [9.17, 15) is 4.79 Å². The minimum absolute atomic E-state index is 0.169. The molecule has 0 bridgehead atoms. The molecule has 4 nitrogen and oxygen atoms in total. The van der Waals surface area contributed by atoms with Crippen molar-refractivity contribution in [2.24, 2.45) is 0 Å². The highest BCUT2D eigenvalue weighted by molar-refractivity contribution is 7.17. The number of piperidine rings is 1. The summed E-state index contributed by atoms with van der Waals surface area (Å²) < 4.78 is 0. The summed E-state index contributed by atoms with van der Waals surface area (Å²) in [6, 6.07) is 9.17. The average Bonchev–Trinajstić information content (AvgIpc) is 3.38. The van der Waals surface area contributed by atoms with Gasteiger partial charge in [0.1, 0.15) is 9.88 Å². The quantitative estimate of drug-likeness (QED) is 0.786. The van der Waals surface area contributed by atoms with Crippen LogP contribution in [0.4, 0.5) is 0 Å². The van der Waals surface area contributed by atoms with E-state index in [2.05, 4.69) is 36.1 Å². The Balaban J connectivity index is 1.45. The lowest BCUT2D eigenvalue weighted by Gasteiger charge is -2.36. The molecule has 2 aliphatic heterocycles. The van der Waals surface area contributed by atoms with Gasteiger partial charge in [0.15, 0.2) is 0 Å². The lowest BCUT2D eigenvalue weighted by Crippen LogP contribution is -2.45. The smallest absolute Gasteiger partial charge is 0.265 e. The van der Waals surface area contributed by atoms with E-state index in [1.807, 2.05) is 11.8 Å². The van der Waals surface area contributed by atoms with E-state index in [4.69, 9.17) is 4.98 Å². The second-order valence-electron chi connectivity index (χ2n) is 7.75. The number of hydrogen-bond acceptors (Lipinski definition) is 4. The predicted molar refractivity (Wildman–Crippen MR) is 111 cm³/mol. The van der Waals surface area contributed by atoms with Gasteiger partial charge in [-0.3, -0.25) is 4.79 Å². The maximum atomic E-state index is 13.1. The van der Waals surface area contributed by atoms with Gasteiger partial charge >= 0.3 is 0 Å². The van der Waals surface area contributed by atoms with Crippen LogP contribution in [0.2, 0.25) is 0 Å². The number of benzene rings is 1. The van der Waals surface area contributed by atoms with Crippen LogP contribution in [0, 0.1) is 6.92 Å². The molecule has 1 aromatic carbocycles. The highest BCUT2D eigenvalue weighted by Gasteiger charge is 2.30. The van der Waals surface area contributed by atoms with Gasteiger partial charge < -0.3 is 9.80 Å². The molecular formula is C22H29N3OS. The maximum Gasteiger partial charge on any atom is 0.265 e. The third-order valence-electron chi connectivity index (χ3n) is 5.98. The van der Waals surface area contributed by atoms with Crippen molar-refractivity contribution in [2.45, 2.75) is 52.0 Å². The Morgan fingerprint density at radius 2 is 1.93 bits per heavy atom. The Hall–Kier alpha value is -1.72. The number of nitrogens with zero attached hydrogens (tertiary/aromatic N) is 3. The molecule has 3 heterocycles. The van der Waals surface area contributed by atoms with Crippen LogP contribution in [0.3, 0.4) is 0 Å². The molecule has 2 saturated heterocycles. The van der Waals surface area contributed by atoms with Gasteiger partial charge in [-0.2, -0.15) is 0 Å². The van der Waals surface area contributed by atoms with Crippen LogP contribution < -0.4 is 0 Å². The predicted octanol–water partition coefficient (Wildman–Crippen LogP) is 4.38. The molecule has 144 valence electrons. The molecule has 0 saturated carbocycles. The Morgan fingerprint density at radius 3 is 2.63 bits per heavy atom. The van der Waals surface area contributed by atoms with Crippen LogP contribution in [0.15, 0.2) is 24.3 Å². The Bertz CT molecular complexity index is 802. The van der Waals surface area contributed by atoms with E-state index < -0.39 is 0 Å². The van der Waals surface area contributed by atoms with Crippen molar-refractivity contribution in [2.75, 3.05) is 26.2 Å². The standard InChI is InChI=1S/C22H29N3OS/c1-3-17-7-6-8-18(15-17)21-23-16(2)20(27-21)22(26)25-13-9-19(10-14-25)24-11-4-5-12-24/h6-8,15,19H,3-5,9-14H2,1-2H3. The fourth-order valence-corrected chi connectivity index (χ4v) is 5.36. The van der Waals surface area contributed by atoms with Crippen LogP contribution in [0.5, 0.6) is 0 Å². The summed E-state index contributed by atoms with van der Waals surface area (Å²) in [6.45, 7) is 8.36. The summed E-state index contributed by atoms with van der Waals surface area (Å²) >= 11 is 1.55. The van der Waals surface area contributed by atoms with Gasteiger partial charge in [0.25, 0.3) is 5.91 Å². The lowest BCUT2D eigenvalue weighted by molar-refractivity contribution is 0.0648. The van der Waals surface area contributed by atoms with Crippen LogP contribution in [0.1, 0.15) is 53.5 Å². The minimum Gasteiger partial charge on any atom is -0.338 e. The lowest BCUT2D eigenvalue weighted by atomic mass is 10.0. The van der Waals surface area contributed by atoms with Gasteiger partial charge in [0.05, 0.1) is 5.69 Å². The first-order valence-electron chi connectivity index (χ1n) is 10.3. The topological polar surface area (TPSA) is 36.4 Å². The second-order valence-corrected chi connectivity index (χ2v) is 8.75. The normalized spacial score (nSPS) is 19.0. The molecule has 2 fully saturated rings. The molecule has 0 aliphatic carbocycles. The van der Waals surface area contributed by atoms with E-state index >= 15 is 0 Å². The van der Waals surface area contributed by atoms with Crippen molar-refractivity contribution < 1.29 is 4.79 Å². The SMILES string of the molecule is CCc1cccc(-c2nc(C)c(C(=O)N3CCC(N4CCCC4)CC3)s2)c1. The second kappa shape index (κ2) is 8.11. The number of likely N-dealkylation sites (tertiary alicyclic amines) is 2. The van der Waals surface area contributed by atoms with Gasteiger partial charge in [-0.15, -0.1) is 11.3 Å². The van der Waals surface area contributed by atoms with Gasteiger partial charge in [-0.25, -0.2) is 4.98 Å². The summed E-state index contributed by atoms with van der Waals surface area (Å²) in [7, 11) is 0. The molecule has 0 unspecified atom stereocenters. The summed E-state index contributed by atoms with van der Waals surface area (Å²) in [5.41, 5.74) is 3.29. The van der Waals surface area contributed by atoms with E-state index in [1.54, 1.807) is 11.3 Å². The molecule has 0 spiro atoms. The molecule has 5 heteroatoms. The molecule has 1 aromatic heterocycles. The first-order chi connectivity index (χ1) is 13.2. The highest BCUT2D eigenvalue weighted by Crippen LogP contribution is 2.30. The monoisotopic (exact) mass is 383 g/mol. The van der Waals surface area contributed by atoms with Crippen molar-refractivity contribution in [1.29, 1.82) is 0 Å². The van der Waals surface area contributed by atoms with E-state index in [-0.39, 0.29) is 5.91 Å². The van der Waals surface area contributed by atoms with Gasteiger partial charge in [0.2, 0.25) is 0 Å². The van der Waals surface area contributed by atoms with Crippen molar-refractivity contribution in [3.63, 3.8) is 0 Å². The molecule has 0 atom stereocenters. The highest BCUT2D eigenvalue weighted by atomic mass is 32.1. The molecule has 27 heavy (non-hydrogen) atoms. The van der Waals surface area contributed by atoms with Crippen LogP contribution in [0.25, 0.3) is 10.6 Å². The Labute approximate surface area is 166 Å². The van der Waals surface area contributed by atoms with Gasteiger partial charge in [0, 0.05) is 24.7 Å². The molecule has 0 radical (unpaired) electrons. The van der Waals surface area contributed by atoms with E-state index in [1.165, 1.54) is 31.5 Å². The summed E-state index contributed by atoms with van der Waals surface area (Å²) in [4.78, 5) is 23.3. The van der Waals surface area contributed by atoms with Crippen molar-refractivity contribution in [1.82, 2.24) is 14.8 Å². The van der Waals surface area contributed by atoms with Crippen LogP contribution in [-0.4, -0.2) is 52.9 Å². The molecule has 0 N–H and O–H groups in total. The zero-order chi connectivity index (χ0) is 18.8. The van der Waals surface area contributed by atoms with Gasteiger partial charge in [-0.1, -0.05) is 25.1 Å². The number of rotatable bonds is 4. The van der Waals surface area contributed by atoms with E-state index in [0.29, 0.717) is 6.04 Å². The Kier molecular flexibility index (Phi) is 5.60. The third kappa shape index (κ3) is 3.94. The van der Waals surface area contributed by atoms with Crippen molar-refractivity contribution >= 4 is 17.2 Å². The van der Waals surface area contributed by atoms with Crippen LogP contribution in [-0.2, 0) is 6.42 Å². The number of thiazole rings is 1. The molecular weight excluding hydrogens is 354 g/mol. The third-order valence-corrected chi connectivity index (χ3v) is 7.18.